The number of hydrogen-bond acceptors (Lipinski definition) is 8. The smallest absolute Gasteiger partial charge is 0.332 e. The van der Waals surface area contributed by atoms with Crippen LogP contribution in [0.25, 0.3) is 0 Å². The van der Waals surface area contributed by atoms with Crippen LogP contribution in [-0.4, -0.2) is 47.0 Å². The van der Waals surface area contributed by atoms with Crippen molar-refractivity contribution >= 4 is 34.9 Å². The Kier molecular flexibility index (Phi) is 6.01. The molecule has 1 aromatic heterocycles. The highest BCUT2D eigenvalue weighted by Crippen LogP contribution is 2.32. The number of halogens is 2. The average Bonchev–Trinajstić information content (AvgIpc) is 2.63. The molecule has 8 nitrogen and oxygen atoms in total. The fourth-order valence-corrected chi connectivity index (χ4v) is 3.16. The summed E-state index contributed by atoms with van der Waals surface area (Å²) in [7, 11) is 0. The Hall–Kier alpha value is -2.53. The summed E-state index contributed by atoms with van der Waals surface area (Å²) < 4.78 is 30.1. The number of benzene rings is 1. The molecule has 2 aromatic rings. The predicted octanol–water partition coefficient (Wildman–Crippen LogP) is 3.59. The van der Waals surface area contributed by atoms with Crippen LogP contribution >= 0.6 is 11.8 Å². The monoisotopic (exact) mass is 397 g/mol. The lowest BCUT2D eigenvalue weighted by atomic mass is 10.3. The first-order valence-corrected chi connectivity index (χ1v) is 8.99. The second-order valence-electron chi connectivity index (χ2n) is 5.69. The quantitative estimate of drug-likeness (QED) is 0.449. The van der Waals surface area contributed by atoms with Crippen molar-refractivity contribution in [1.82, 2.24) is 9.97 Å². The van der Waals surface area contributed by atoms with Gasteiger partial charge in [-0.25, -0.2) is 4.98 Å². The van der Waals surface area contributed by atoms with Crippen molar-refractivity contribution in [3.63, 3.8) is 0 Å². The molecule has 0 aliphatic carbocycles. The van der Waals surface area contributed by atoms with Gasteiger partial charge in [0.1, 0.15) is 5.69 Å². The molecule has 0 saturated carbocycles. The lowest BCUT2D eigenvalue weighted by Crippen LogP contribution is -2.37. The zero-order valence-electron chi connectivity index (χ0n) is 14.4. The molecular weight excluding hydrogens is 380 g/mol. The van der Waals surface area contributed by atoms with Gasteiger partial charge in [0, 0.05) is 23.7 Å². The molecule has 144 valence electrons. The summed E-state index contributed by atoms with van der Waals surface area (Å²) in [5.74, 6) is -2.04. The largest absolute Gasteiger partial charge is 0.378 e. The molecule has 1 saturated heterocycles. The molecule has 11 heteroatoms. The number of ether oxygens (including phenoxy) is 1. The lowest BCUT2D eigenvalue weighted by Gasteiger charge is -2.27. The van der Waals surface area contributed by atoms with Gasteiger partial charge >= 0.3 is 5.69 Å². The van der Waals surface area contributed by atoms with Crippen LogP contribution in [0.5, 0.6) is 0 Å². The van der Waals surface area contributed by atoms with Crippen LogP contribution in [0.4, 0.5) is 31.9 Å². The number of hydrogen-bond donors (Lipinski definition) is 1. The van der Waals surface area contributed by atoms with Gasteiger partial charge in [-0.15, -0.1) is 0 Å². The molecular formula is C16H17F2N5O3S. The summed E-state index contributed by atoms with van der Waals surface area (Å²) in [6, 6.07) is 6.36. The number of nitro groups is 1. The average molecular weight is 397 g/mol. The van der Waals surface area contributed by atoms with Gasteiger partial charge in [-0.3, -0.25) is 10.1 Å². The molecule has 1 aliphatic heterocycles. The first kappa shape index (κ1) is 19.2. The van der Waals surface area contributed by atoms with Crippen LogP contribution in [0.2, 0.25) is 0 Å². The summed E-state index contributed by atoms with van der Waals surface area (Å²) in [5.41, 5.74) is 0.699. The summed E-state index contributed by atoms with van der Waals surface area (Å²) in [4.78, 5) is 21.7. The van der Waals surface area contributed by atoms with Crippen LogP contribution in [0.1, 0.15) is 5.69 Å². The Morgan fingerprint density at radius 2 is 1.93 bits per heavy atom. The van der Waals surface area contributed by atoms with E-state index in [2.05, 4.69) is 15.3 Å². The second-order valence-corrected chi connectivity index (χ2v) is 6.75. The van der Waals surface area contributed by atoms with Crippen LogP contribution in [0, 0.1) is 17.0 Å². The minimum atomic E-state index is -2.49. The van der Waals surface area contributed by atoms with Gasteiger partial charge < -0.3 is 15.0 Å². The number of thioether (sulfide) groups is 1. The lowest BCUT2D eigenvalue weighted by molar-refractivity contribution is -0.385. The minimum Gasteiger partial charge on any atom is -0.378 e. The summed E-state index contributed by atoms with van der Waals surface area (Å²) in [6.45, 7) is 3.47. The number of alkyl halides is 2. The summed E-state index contributed by atoms with van der Waals surface area (Å²) >= 11 is 0.456. The van der Waals surface area contributed by atoms with Gasteiger partial charge in [0.15, 0.2) is 0 Å². The van der Waals surface area contributed by atoms with Crippen molar-refractivity contribution in [2.75, 3.05) is 36.5 Å². The summed E-state index contributed by atoms with van der Waals surface area (Å²) in [5, 5.41) is 14.4. The topological polar surface area (TPSA) is 93.4 Å². The molecule has 27 heavy (non-hydrogen) atoms. The number of nitrogens with one attached hydrogen (secondary N) is 1. The third kappa shape index (κ3) is 4.80. The number of nitrogens with zero attached hydrogens (tertiary/aromatic N) is 4. The third-order valence-electron chi connectivity index (χ3n) is 3.87. The molecule has 0 unspecified atom stereocenters. The first-order valence-electron chi connectivity index (χ1n) is 8.11. The first-order chi connectivity index (χ1) is 12.9. The molecule has 2 heterocycles. The highest BCUT2D eigenvalue weighted by atomic mass is 32.2. The van der Waals surface area contributed by atoms with Gasteiger partial charge in [0.2, 0.25) is 11.8 Å². The molecule has 1 fully saturated rings. The van der Waals surface area contributed by atoms with E-state index in [1.54, 1.807) is 36.1 Å². The Bertz CT molecular complexity index is 816. The van der Waals surface area contributed by atoms with Crippen molar-refractivity contribution in [1.29, 1.82) is 0 Å². The van der Waals surface area contributed by atoms with E-state index < -0.39 is 10.7 Å². The second kappa shape index (κ2) is 8.44. The number of aryl methyl sites for hydroxylation is 1. The Morgan fingerprint density at radius 1 is 1.26 bits per heavy atom. The van der Waals surface area contributed by atoms with Crippen molar-refractivity contribution in [3.05, 3.63) is 40.1 Å². The molecule has 1 aliphatic rings. The SMILES string of the molecule is Cc1nc(Nc2ccc(SC(F)F)cc2)nc(N2CCOCC2)c1[N+](=O)[O-]. The zero-order chi connectivity index (χ0) is 19.4. The Balaban J connectivity index is 1.87. The van der Waals surface area contributed by atoms with E-state index in [0.29, 0.717) is 48.6 Å². The minimum absolute atomic E-state index is 0.133. The van der Waals surface area contributed by atoms with Crippen molar-refractivity contribution in [2.24, 2.45) is 0 Å². The molecule has 0 bridgehead atoms. The predicted molar refractivity (Wildman–Crippen MR) is 98.0 cm³/mol. The van der Waals surface area contributed by atoms with E-state index in [4.69, 9.17) is 4.74 Å². The van der Waals surface area contributed by atoms with Crippen LogP contribution in [0.15, 0.2) is 29.2 Å². The van der Waals surface area contributed by atoms with Crippen molar-refractivity contribution in [3.8, 4) is 0 Å². The Morgan fingerprint density at radius 3 is 2.52 bits per heavy atom. The van der Waals surface area contributed by atoms with Crippen molar-refractivity contribution < 1.29 is 18.4 Å². The molecule has 0 radical (unpaired) electrons. The van der Waals surface area contributed by atoms with Gasteiger partial charge in [0.05, 0.1) is 18.1 Å². The van der Waals surface area contributed by atoms with Crippen LogP contribution in [-0.2, 0) is 4.74 Å². The number of aromatic nitrogens is 2. The summed E-state index contributed by atoms with van der Waals surface area (Å²) in [6.07, 6.45) is 0. The van der Waals surface area contributed by atoms with Gasteiger partial charge in [-0.1, -0.05) is 11.8 Å². The highest BCUT2D eigenvalue weighted by Gasteiger charge is 2.27. The molecule has 0 spiro atoms. The number of morpholine rings is 1. The van der Waals surface area contributed by atoms with Gasteiger partial charge in [-0.2, -0.15) is 13.8 Å². The zero-order valence-corrected chi connectivity index (χ0v) is 15.2. The number of rotatable bonds is 6. The fraction of sp³-hybridized carbons (Fsp3) is 0.375. The molecule has 3 rings (SSSR count). The molecule has 0 amide bonds. The van der Waals surface area contributed by atoms with Crippen molar-refractivity contribution in [2.45, 2.75) is 17.6 Å². The van der Waals surface area contributed by atoms with E-state index in [-0.39, 0.29) is 23.1 Å². The van der Waals surface area contributed by atoms with E-state index in [9.17, 15) is 18.9 Å². The van der Waals surface area contributed by atoms with E-state index in [1.165, 1.54) is 0 Å². The van der Waals surface area contributed by atoms with Crippen LogP contribution in [0.3, 0.4) is 0 Å². The van der Waals surface area contributed by atoms with Gasteiger partial charge in [0.25, 0.3) is 5.76 Å². The maximum Gasteiger partial charge on any atom is 0.332 e. The Labute approximate surface area is 158 Å². The maximum absolute atomic E-state index is 12.4. The standard InChI is InChI=1S/C16H17F2N5O3S/c1-10-13(23(24)25)14(22-6-8-26-9-7-22)21-16(19-10)20-11-2-4-12(5-3-11)27-15(17)18/h2-5,15H,6-9H2,1H3,(H,19,20,21). The maximum atomic E-state index is 12.4. The van der Waals surface area contributed by atoms with Crippen LogP contribution < -0.4 is 10.2 Å². The highest BCUT2D eigenvalue weighted by molar-refractivity contribution is 7.99. The molecule has 1 aromatic carbocycles. The normalized spacial score (nSPS) is 14.4. The third-order valence-corrected chi connectivity index (χ3v) is 4.59. The number of anilines is 3. The molecule has 1 N–H and O–H groups in total. The van der Waals surface area contributed by atoms with E-state index in [0.717, 1.165) is 0 Å². The fourth-order valence-electron chi connectivity index (χ4n) is 2.67. The van der Waals surface area contributed by atoms with Gasteiger partial charge in [-0.05, 0) is 31.2 Å². The van der Waals surface area contributed by atoms with E-state index >= 15 is 0 Å². The van der Waals surface area contributed by atoms with E-state index in [1.807, 2.05) is 0 Å². The molecule has 0 atom stereocenters.